The summed E-state index contributed by atoms with van der Waals surface area (Å²) in [4.78, 5) is 24.9. The highest BCUT2D eigenvalue weighted by atomic mass is 32.2. The molecular weight excluding hydrogens is 528 g/mol. The fraction of sp³-hybridized carbons (Fsp3) is 0.462. The lowest BCUT2D eigenvalue weighted by Gasteiger charge is -2.15. The van der Waals surface area contributed by atoms with E-state index in [0.29, 0.717) is 50.4 Å². The van der Waals surface area contributed by atoms with Gasteiger partial charge in [-0.2, -0.15) is 8.61 Å². The number of carbonyl (C=O) groups excluding carboxylic acids is 2. The van der Waals surface area contributed by atoms with Crippen molar-refractivity contribution in [2.45, 2.75) is 61.2 Å². The van der Waals surface area contributed by atoms with Crippen LogP contribution >= 0.6 is 0 Å². The van der Waals surface area contributed by atoms with E-state index in [1.807, 2.05) is 0 Å². The monoisotopic (exact) mass is 562 g/mol. The summed E-state index contributed by atoms with van der Waals surface area (Å²) in [5.74, 6) is -0.425. The second-order valence-corrected chi connectivity index (χ2v) is 13.5. The molecule has 0 saturated carbocycles. The van der Waals surface area contributed by atoms with Crippen LogP contribution in [0.25, 0.3) is 0 Å². The third-order valence-corrected chi connectivity index (χ3v) is 10.6. The lowest BCUT2D eigenvalue weighted by atomic mass is 10.1. The molecule has 0 atom stereocenters. The predicted molar refractivity (Wildman–Crippen MR) is 145 cm³/mol. The lowest BCUT2D eigenvalue weighted by Crippen LogP contribution is -2.27. The molecule has 0 radical (unpaired) electrons. The Hall–Kier alpha value is -2.80. The van der Waals surface area contributed by atoms with E-state index in [1.165, 1.54) is 32.9 Å². The van der Waals surface area contributed by atoms with Crippen LogP contribution in [0.2, 0.25) is 0 Å². The Morgan fingerprint density at radius 3 is 1.21 bits per heavy atom. The van der Waals surface area contributed by atoms with Crippen molar-refractivity contribution in [3.8, 4) is 0 Å². The van der Waals surface area contributed by atoms with Gasteiger partial charge in [-0.1, -0.05) is 0 Å². The van der Waals surface area contributed by atoms with Gasteiger partial charge in [0.1, 0.15) is 0 Å². The average Bonchev–Trinajstić information content (AvgIpc) is 3.63. The molecule has 10 nitrogen and oxygen atoms in total. The van der Waals surface area contributed by atoms with E-state index in [0.717, 1.165) is 25.7 Å². The van der Waals surface area contributed by atoms with Crippen LogP contribution in [0.5, 0.6) is 0 Å². The summed E-state index contributed by atoms with van der Waals surface area (Å²) in [6, 6.07) is 12.3. The standard InChI is InChI=1S/C26H34N4O6S2/c31-25(27-21-9-13-23(14-10-21)37(33,34)29-17-3-4-18-29)7-1-2-8-26(32)28-22-11-15-24(16-12-22)38(35,36)30-19-5-6-20-30/h9-16H,1-8,17-20H2,(H,27,31)(H,28,32). The molecule has 0 spiro atoms. The van der Waals surface area contributed by atoms with Gasteiger partial charge in [0.15, 0.2) is 0 Å². The lowest BCUT2D eigenvalue weighted by molar-refractivity contribution is -0.118. The number of unbranched alkanes of at least 4 members (excludes halogenated alkanes) is 1. The van der Waals surface area contributed by atoms with Crippen LogP contribution in [-0.4, -0.2) is 63.4 Å². The molecule has 2 aliphatic heterocycles. The van der Waals surface area contributed by atoms with Gasteiger partial charge in [-0.3, -0.25) is 9.59 Å². The van der Waals surface area contributed by atoms with E-state index in [-0.39, 0.29) is 34.4 Å². The molecule has 0 aromatic heterocycles. The van der Waals surface area contributed by atoms with Crippen LogP contribution in [0.3, 0.4) is 0 Å². The Kier molecular flexibility index (Phi) is 9.19. The summed E-state index contributed by atoms with van der Waals surface area (Å²) in [5.41, 5.74) is 1.03. The molecule has 2 aromatic rings. The fourth-order valence-corrected chi connectivity index (χ4v) is 7.63. The van der Waals surface area contributed by atoms with Gasteiger partial charge in [-0.25, -0.2) is 16.8 Å². The Labute approximate surface area is 224 Å². The molecule has 0 unspecified atom stereocenters. The van der Waals surface area contributed by atoms with Crippen molar-refractivity contribution in [2.75, 3.05) is 36.8 Å². The molecule has 2 amide bonds. The first kappa shape index (κ1) is 28.2. The van der Waals surface area contributed by atoms with Crippen LogP contribution in [0.15, 0.2) is 58.3 Å². The van der Waals surface area contributed by atoms with Crippen LogP contribution < -0.4 is 10.6 Å². The van der Waals surface area contributed by atoms with Crippen molar-refractivity contribution in [3.63, 3.8) is 0 Å². The van der Waals surface area contributed by atoms with E-state index in [2.05, 4.69) is 10.6 Å². The summed E-state index contributed by atoms with van der Waals surface area (Å²) in [7, 11) is -6.98. The number of hydrogen-bond acceptors (Lipinski definition) is 6. The van der Waals surface area contributed by atoms with Gasteiger partial charge in [0.05, 0.1) is 9.79 Å². The zero-order valence-electron chi connectivity index (χ0n) is 21.3. The minimum atomic E-state index is -3.49. The molecule has 0 aliphatic carbocycles. The topological polar surface area (TPSA) is 133 Å². The first-order valence-electron chi connectivity index (χ1n) is 13.0. The number of carbonyl (C=O) groups is 2. The predicted octanol–water partition coefficient (Wildman–Crippen LogP) is 3.39. The molecule has 0 bridgehead atoms. The number of amides is 2. The van der Waals surface area contributed by atoms with Crippen molar-refractivity contribution >= 4 is 43.2 Å². The summed E-state index contributed by atoms with van der Waals surface area (Å²) in [6.45, 7) is 2.14. The number of sulfonamides is 2. The maximum Gasteiger partial charge on any atom is 0.243 e. The molecule has 4 rings (SSSR count). The van der Waals surface area contributed by atoms with Gasteiger partial charge < -0.3 is 10.6 Å². The van der Waals surface area contributed by atoms with Crippen molar-refractivity contribution < 1.29 is 26.4 Å². The maximum atomic E-state index is 12.6. The molecule has 206 valence electrons. The van der Waals surface area contributed by atoms with Gasteiger partial charge in [-0.05, 0) is 87.1 Å². The molecule has 2 N–H and O–H groups in total. The van der Waals surface area contributed by atoms with Crippen LogP contribution in [0.4, 0.5) is 11.4 Å². The second-order valence-electron chi connectivity index (χ2n) is 9.57. The van der Waals surface area contributed by atoms with Crippen LogP contribution in [0.1, 0.15) is 51.4 Å². The fourth-order valence-electron chi connectivity index (χ4n) is 4.59. The zero-order valence-corrected chi connectivity index (χ0v) is 22.9. The Bertz CT molecular complexity index is 1230. The number of anilines is 2. The van der Waals surface area contributed by atoms with Crippen molar-refractivity contribution in [3.05, 3.63) is 48.5 Å². The summed E-state index contributed by atoms with van der Waals surface area (Å²) >= 11 is 0. The number of benzene rings is 2. The molecule has 2 aliphatic rings. The quantitative estimate of drug-likeness (QED) is 0.404. The maximum absolute atomic E-state index is 12.6. The molecule has 2 saturated heterocycles. The largest absolute Gasteiger partial charge is 0.326 e. The van der Waals surface area contributed by atoms with Crippen LogP contribution in [0, 0.1) is 0 Å². The minimum Gasteiger partial charge on any atom is -0.326 e. The third-order valence-electron chi connectivity index (χ3n) is 6.74. The van der Waals surface area contributed by atoms with E-state index in [4.69, 9.17) is 0 Å². The van der Waals surface area contributed by atoms with Crippen molar-refractivity contribution in [2.24, 2.45) is 0 Å². The molecule has 2 fully saturated rings. The van der Waals surface area contributed by atoms with Gasteiger partial charge in [0.25, 0.3) is 0 Å². The molecule has 12 heteroatoms. The Morgan fingerprint density at radius 1 is 0.579 bits per heavy atom. The molecule has 2 heterocycles. The van der Waals surface area contributed by atoms with E-state index in [1.54, 1.807) is 24.3 Å². The SMILES string of the molecule is O=C(CCCCC(=O)Nc1ccc(S(=O)(=O)N2CCCC2)cc1)Nc1ccc(S(=O)(=O)N2CCCC2)cc1. The highest BCUT2D eigenvalue weighted by Crippen LogP contribution is 2.23. The number of hydrogen-bond donors (Lipinski definition) is 2. The molecular formula is C26H34N4O6S2. The highest BCUT2D eigenvalue weighted by molar-refractivity contribution is 7.89. The number of nitrogens with one attached hydrogen (secondary N) is 2. The smallest absolute Gasteiger partial charge is 0.243 e. The summed E-state index contributed by atoms with van der Waals surface area (Å²) in [6.07, 6.45) is 4.94. The summed E-state index contributed by atoms with van der Waals surface area (Å²) < 4.78 is 53.3. The highest BCUT2D eigenvalue weighted by Gasteiger charge is 2.28. The summed E-state index contributed by atoms with van der Waals surface area (Å²) in [5, 5.41) is 5.51. The molecule has 38 heavy (non-hydrogen) atoms. The first-order valence-corrected chi connectivity index (χ1v) is 15.8. The average molecular weight is 563 g/mol. The molecule has 2 aromatic carbocycles. The normalized spacial score (nSPS) is 16.9. The Morgan fingerprint density at radius 2 is 0.895 bits per heavy atom. The van der Waals surface area contributed by atoms with Gasteiger partial charge in [0, 0.05) is 50.4 Å². The van der Waals surface area contributed by atoms with E-state index >= 15 is 0 Å². The minimum absolute atomic E-state index is 0.213. The van der Waals surface area contributed by atoms with E-state index in [9.17, 15) is 26.4 Å². The van der Waals surface area contributed by atoms with E-state index < -0.39 is 20.0 Å². The van der Waals surface area contributed by atoms with Gasteiger partial charge >= 0.3 is 0 Å². The van der Waals surface area contributed by atoms with Gasteiger partial charge in [-0.15, -0.1) is 0 Å². The number of nitrogens with zero attached hydrogens (tertiary/aromatic N) is 2. The third kappa shape index (κ3) is 6.99. The number of rotatable bonds is 11. The second kappa shape index (κ2) is 12.4. The van der Waals surface area contributed by atoms with Crippen molar-refractivity contribution in [1.29, 1.82) is 0 Å². The Balaban J connectivity index is 1.16. The van der Waals surface area contributed by atoms with Gasteiger partial charge in [0.2, 0.25) is 31.9 Å². The van der Waals surface area contributed by atoms with Crippen LogP contribution in [-0.2, 0) is 29.6 Å². The first-order chi connectivity index (χ1) is 18.2. The van der Waals surface area contributed by atoms with Crippen molar-refractivity contribution in [1.82, 2.24) is 8.61 Å². The zero-order chi connectivity index (χ0) is 27.2.